The molecule has 98 valence electrons. The maximum atomic E-state index is 10.6. The normalized spacial score (nSPS) is 15.8. The molecule has 1 aliphatic carbocycles. The summed E-state index contributed by atoms with van der Waals surface area (Å²) in [6.45, 7) is 0.905. The second-order valence-electron chi connectivity index (χ2n) is 4.90. The summed E-state index contributed by atoms with van der Waals surface area (Å²) in [7, 11) is 0. The Morgan fingerprint density at radius 3 is 2.72 bits per heavy atom. The van der Waals surface area contributed by atoms with Gasteiger partial charge in [-0.3, -0.25) is 10.1 Å². The maximum absolute atomic E-state index is 10.6. The van der Waals surface area contributed by atoms with Crippen LogP contribution in [-0.4, -0.2) is 11.5 Å². The molecule has 1 aromatic carbocycles. The largest absolute Gasteiger partial charge is 0.393 e. The summed E-state index contributed by atoms with van der Waals surface area (Å²) in [5.41, 5.74) is 6.67. The average molecular weight is 249 g/mol. The van der Waals surface area contributed by atoms with E-state index in [1.54, 1.807) is 12.1 Å². The van der Waals surface area contributed by atoms with Gasteiger partial charge < -0.3 is 11.1 Å². The zero-order valence-electron chi connectivity index (χ0n) is 10.4. The van der Waals surface area contributed by atoms with Crippen LogP contribution in [0.5, 0.6) is 0 Å². The fraction of sp³-hybridized carbons (Fsp3) is 0.538. The van der Waals surface area contributed by atoms with E-state index in [0.29, 0.717) is 0 Å². The Balaban J connectivity index is 1.85. The molecule has 0 saturated heterocycles. The number of benzene rings is 1. The number of hydrogen-bond donors (Lipinski definition) is 2. The highest BCUT2D eigenvalue weighted by molar-refractivity contribution is 5.65. The molecule has 0 amide bonds. The first kappa shape index (κ1) is 12.7. The van der Waals surface area contributed by atoms with Gasteiger partial charge in [0.25, 0.3) is 5.69 Å². The third-order valence-electron chi connectivity index (χ3n) is 3.58. The van der Waals surface area contributed by atoms with Crippen molar-refractivity contribution >= 4 is 17.1 Å². The fourth-order valence-corrected chi connectivity index (χ4v) is 2.55. The Morgan fingerprint density at radius 2 is 2.11 bits per heavy atom. The monoisotopic (exact) mass is 249 g/mol. The van der Waals surface area contributed by atoms with Gasteiger partial charge >= 0.3 is 0 Å². The minimum absolute atomic E-state index is 0.0312. The molecule has 5 heteroatoms. The van der Waals surface area contributed by atoms with E-state index < -0.39 is 4.92 Å². The number of anilines is 2. The Bertz CT molecular complexity index is 428. The van der Waals surface area contributed by atoms with Crippen molar-refractivity contribution in [2.75, 3.05) is 17.6 Å². The number of nitro groups is 1. The molecule has 0 radical (unpaired) electrons. The number of nitro benzene ring substituents is 1. The quantitative estimate of drug-likeness (QED) is 0.477. The number of nitrogens with zero attached hydrogens (tertiary/aromatic N) is 1. The van der Waals surface area contributed by atoms with Crippen LogP contribution >= 0.6 is 0 Å². The first-order chi connectivity index (χ1) is 8.66. The zero-order valence-corrected chi connectivity index (χ0v) is 10.4. The van der Waals surface area contributed by atoms with Crippen molar-refractivity contribution < 1.29 is 4.92 Å². The molecule has 0 atom stereocenters. The molecule has 0 aromatic heterocycles. The van der Waals surface area contributed by atoms with Crippen molar-refractivity contribution in [1.82, 2.24) is 0 Å². The van der Waals surface area contributed by atoms with Gasteiger partial charge in [0.2, 0.25) is 0 Å². The number of nitrogens with one attached hydrogen (secondary N) is 1. The Hall–Kier alpha value is -1.78. The van der Waals surface area contributed by atoms with Crippen LogP contribution in [0.1, 0.15) is 32.1 Å². The third kappa shape index (κ3) is 3.12. The van der Waals surface area contributed by atoms with Gasteiger partial charge in [0.1, 0.15) is 5.69 Å². The molecular formula is C13H19N3O2. The molecule has 0 bridgehead atoms. The molecule has 0 aliphatic heterocycles. The van der Waals surface area contributed by atoms with Gasteiger partial charge in [0.15, 0.2) is 0 Å². The predicted octanol–water partition coefficient (Wildman–Crippen LogP) is 3.17. The van der Waals surface area contributed by atoms with E-state index in [1.165, 1.54) is 31.7 Å². The van der Waals surface area contributed by atoms with Crippen LogP contribution in [0.2, 0.25) is 0 Å². The lowest BCUT2D eigenvalue weighted by atomic mass is 10.0. The van der Waals surface area contributed by atoms with Crippen LogP contribution in [0.3, 0.4) is 0 Å². The van der Waals surface area contributed by atoms with Crippen molar-refractivity contribution in [3.05, 3.63) is 28.3 Å². The zero-order chi connectivity index (χ0) is 13.0. The third-order valence-corrected chi connectivity index (χ3v) is 3.58. The molecule has 0 unspecified atom stereocenters. The lowest BCUT2D eigenvalue weighted by molar-refractivity contribution is -0.383. The summed E-state index contributed by atoms with van der Waals surface area (Å²) in [4.78, 5) is 10.2. The SMILES string of the molecule is Nc1cc(NCCC2CCCC2)ccc1[N+](=O)[O-]. The highest BCUT2D eigenvalue weighted by Crippen LogP contribution is 2.28. The van der Waals surface area contributed by atoms with Gasteiger partial charge in [-0.25, -0.2) is 0 Å². The van der Waals surface area contributed by atoms with Gasteiger partial charge in [-0.05, 0) is 24.5 Å². The first-order valence-electron chi connectivity index (χ1n) is 6.44. The van der Waals surface area contributed by atoms with Crippen LogP contribution in [0, 0.1) is 16.0 Å². The predicted molar refractivity (Wildman–Crippen MR) is 72.6 cm³/mol. The summed E-state index contributed by atoms with van der Waals surface area (Å²) < 4.78 is 0. The number of hydrogen-bond acceptors (Lipinski definition) is 4. The standard InChI is InChI=1S/C13H19N3O2/c14-12-9-11(5-6-13(12)16(17)18)15-8-7-10-3-1-2-4-10/h5-6,9-10,15H,1-4,7-8,14H2. The van der Waals surface area contributed by atoms with Crippen molar-refractivity contribution in [2.45, 2.75) is 32.1 Å². The van der Waals surface area contributed by atoms with Crippen LogP contribution < -0.4 is 11.1 Å². The Kier molecular flexibility index (Phi) is 4.02. The smallest absolute Gasteiger partial charge is 0.292 e. The maximum Gasteiger partial charge on any atom is 0.292 e. The highest BCUT2D eigenvalue weighted by Gasteiger charge is 2.14. The summed E-state index contributed by atoms with van der Waals surface area (Å²) >= 11 is 0. The molecular weight excluding hydrogens is 230 g/mol. The summed E-state index contributed by atoms with van der Waals surface area (Å²) in [6, 6.07) is 4.79. The van der Waals surface area contributed by atoms with E-state index in [4.69, 9.17) is 5.73 Å². The molecule has 1 fully saturated rings. The molecule has 0 spiro atoms. The van der Waals surface area contributed by atoms with E-state index in [9.17, 15) is 10.1 Å². The second kappa shape index (κ2) is 5.71. The van der Waals surface area contributed by atoms with E-state index in [0.717, 1.165) is 24.6 Å². The average Bonchev–Trinajstić information content (AvgIpc) is 2.81. The topological polar surface area (TPSA) is 81.2 Å². The molecule has 18 heavy (non-hydrogen) atoms. The summed E-state index contributed by atoms with van der Waals surface area (Å²) in [5, 5.41) is 13.9. The van der Waals surface area contributed by atoms with Gasteiger partial charge in [-0.15, -0.1) is 0 Å². The molecule has 1 saturated carbocycles. The molecule has 2 rings (SSSR count). The van der Waals surface area contributed by atoms with Crippen molar-refractivity contribution in [1.29, 1.82) is 0 Å². The Labute approximate surface area is 107 Å². The summed E-state index contributed by atoms with van der Waals surface area (Å²) in [6.07, 6.45) is 6.55. The number of rotatable bonds is 5. The van der Waals surface area contributed by atoms with Crippen LogP contribution in [-0.2, 0) is 0 Å². The molecule has 0 heterocycles. The van der Waals surface area contributed by atoms with Gasteiger partial charge in [0.05, 0.1) is 4.92 Å². The van der Waals surface area contributed by atoms with Crippen molar-refractivity contribution in [2.24, 2.45) is 5.92 Å². The first-order valence-corrected chi connectivity index (χ1v) is 6.44. The van der Waals surface area contributed by atoms with Crippen LogP contribution in [0.25, 0.3) is 0 Å². The highest BCUT2D eigenvalue weighted by atomic mass is 16.6. The van der Waals surface area contributed by atoms with E-state index in [-0.39, 0.29) is 11.4 Å². The van der Waals surface area contributed by atoms with E-state index in [1.807, 2.05) is 0 Å². The second-order valence-corrected chi connectivity index (χ2v) is 4.90. The molecule has 3 N–H and O–H groups in total. The number of nitrogen functional groups attached to an aromatic ring is 1. The minimum Gasteiger partial charge on any atom is -0.393 e. The van der Waals surface area contributed by atoms with Gasteiger partial charge in [0, 0.05) is 18.3 Å². The van der Waals surface area contributed by atoms with E-state index in [2.05, 4.69) is 5.32 Å². The van der Waals surface area contributed by atoms with Gasteiger partial charge in [-0.2, -0.15) is 0 Å². The number of nitrogens with two attached hydrogens (primary N) is 1. The van der Waals surface area contributed by atoms with Crippen molar-refractivity contribution in [3.63, 3.8) is 0 Å². The van der Waals surface area contributed by atoms with Crippen LogP contribution in [0.15, 0.2) is 18.2 Å². The van der Waals surface area contributed by atoms with Gasteiger partial charge in [-0.1, -0.05) is 25.7 Å². The minimum atomic E-state index is -0.461. The lowest BCUT2D eigenvalue weighted by Gasteiger charge is -2.11. The summed E-state index contributed by atoms with van der Waals surface area (Å²) in [5.74, 6) is 0.841. The van der Waals surface area contributed by atoms with Crippen molar-refractivity contribution in [3.8, 4) is 0 Å². The fourth-order valence-electron chi connectivity index (χ4n) is 2.55. The Morgan fingerprint density at radius 1 is 1.39 bits per heavy atom. The molecule has 1 aliphatic rings. The van der Waals surface area contributed by atoms with Crippen LogP contribution in [0.4, 0.5) is 17.1 Å². The lowest BCUT2D eigenvalue weighted by Crippen LogP contribution is -2.07. The van der Waals surface area contributed by atoms with E-state index >= 15 is 0 Å². The molecule has 1 aromatic rings. The molecule has 5 nitrogen and oxygen atoms in total.